The van der Waals surface area contributed by atoms with E-state index in [-0.39, 0.29) is 12.4 Å². The number of aliphatic carboxylic acids is 2. The van der Waals surface area contributed by atoms with Gasteiger partial charge in [-0.1, -0.05) is 18.2 Å². The topological polar surface area (TPSA) is 169 Å². The molecule has 204 valence electrons. The molecule has 0 spiro atoms. The second kappa shape index (κ2) is 14.4. The number of hydrogen-bond donors (Lipinski definition) is 4. The lowest BCUT2D eigenvalue weighted by atomic mass is 10.1. The van der Waals surface area contributed by atoms with Crippen LogP contribution in [0.5, 0.6) is 17.2 Å². The van der Waals surface area contributed by atoms with E-state index in [1.54, 1.807) is 12.1 Å². The molecule has 11 nitrogen and oxygen atoms in total. The summed E-state index contributed by atoms with van der Waals surface area (Å²) in [5.74, 6) is -1.77. The van der Waals surface area contributed by atoms with E-state index >= 15 is 0 Å². The number of aliphatic hydroxyl groups is 1. The molecular weight excluding hydrogens is 506 g/mol. The van der Waals surface area contributed by atoms with Crippen molar-refractivity contribution in [1.82, 2.24) is 5.32 Å². The molecule has 4 N–H and O–H groups in total. The third-order valence-corrected chi connectivity index (χ3v) is 7.29. The molecule has 1 aliphatic rings. The van der Waals surface area contributed by atoms with Gasteiger partial charge in [-0.3, -0.25) is 0 Å². The quantitative estimate of drug-likeness (QED) is 0.256. The molecule has 0 saturated heterocycles. The SMILES string of the molecule is COc1cc2c(cc1OCCNCC(O)COc1ccccc1C)CCCCS2(=O)=O.O=C(O)C(=O)O. The Labute approximate surface area is 215 Å². The highest BCUT2D eigenvalue weighted by Gasteiger charge is 2.24. The van der Waals surface area contributed by atoms with E-state index in [0.29, 0.717) is 48.9 Å². The maximum Gasteiger partial charge on any atom is 0.414 e. The van der Waals surface area contributed by atoms with E-state index in [1.165, 1.54) is 7.11 Å². The first kappa shape index (κ1) is 29.9. The average molecular weight is 540 g/mol. The van der Waals surface area contributed by atoms with E-state index in [9.17, 15) is 13.5 Å². The van der Waals surface area contributed by atoms with Gasteiger partial charge in [-0.2, -0.15) is 0 Å². The monoisotopic (exact) mass is 539 g/mol. The van der Waals surface area contributed by atoms with Crippen molar-refractivity contribution in [3.63, 3.8) is 0 Å². The molecule has 0 bridgehead atoms. The molecule has 0 amide bonds. The summed E-state index contributed by atoms with van der Waals surface area (Å²) in [5, 5.41) is 28.0. The van der Waals surface area contributed by atoms with Crippen LogP contribution in [0.4, 0.5) is 0 Å². The van der Waals surface area contributed by atoms with Crippen LogP contribution in [0.2, 0.25) is 0 Å². The minimum absolute atomic E-state index is 0.170. The van der Waals surface area contributed by atoms with Gasteiger partial charge in [0.15, 0.2) is 21.3 Å². The van der Waals surface area contributed by atoms with E-state index in [1.807, 2.05) is 31.2 Å². The summed E-state index contributed by atoms with van der Waals surface area (Å²) in [4.78, 5) is 18.6. The lowest BCUT2D eigenvalue weighted by Gasteiger charge is -2.16. The molecule has 1 unspecified atom stereocenters. The van der Waals surface area contributed by atoms with Crippen molar-refractivity contribution in [2.45, 2.75) is 37.2 Å². The second-order valence-corrected chi connectivity index (χ2v) is 10.4. The molecule has 3 rings (SSSR count). The number of sulfone groups is 1. The number of nitrogens with one attached hydrogen (secondary N) is 1. The molecule has 37 heavy (non-hydrogen) atoms. The predicted octanol–water partition coefficient (Wildman–Crippen LogP) is 1.68. The van der Waals surface area contributed by atoms with Gasteiger partial charge in [-0.25, -0.2) is 18.0 Å². The van der Waals surface area contributed by atoms with Crippen LogP contribution in [0.1, 0.15) is 24.0 Å². The number of hydrogen-bond acceptors (Lipinski definition) is 9. The number of carbonyl (C=O) groups is 2. The molecule has 0 aliphatic carbocycles. The van der Waals surface area contributed by atoms with Gasteiger partial charge in [0, 0.05) is 19.2 Å². The Kier molecular flexibility index (Phi) is 11.6. The fourth-order valence-corrected chi connectivity index (χ4v) is 5.17. The molecule has 2 aromatic rings. The molecule has 12 heteroatoms. The first-order chi connectivity index (χ1) is 17.5. The number of aliphatic hydroxyl groups excluding tert-OH is 1. The predicted molar refractivity (Wildman–Crippen MR) is 134 cm³/mol. The number of rotatable bonds is 10. The number of methoxy groups -OCH3 is 1. The summed E-state index contributed by atoms with van der Waals surface area (Å²) in [6.45, 7) is 3.40. The van der Waals surface area contributed by atoms with Crippen LogP contribution < -0.4 is 19.5 Å². The smallest absolute Gasteiger partial charge is 0.414 e. The number of ether oxygens (including phenoxy) is 3. The Bertz CT molecular complexity index is 1150. The minimum Gasteiger partial charge on any atom is -0.493 e. The Morgan fingerprint density at radius 3 is 2.38 bits per heavy atom. The third-order valence-electron chi connectivity index (χ3n) is 5.42. The molecule has 0 radical (unpaired) electrons. The van der Waals surface area contributed by atoms with Crippen molar-refractivity contribution in [2.24, 2.45) is 0 Å². The minimum atomic E-state index is -3.28. The Hall–Kier alpha value is -3.35. The fraction of sp³-hybridized carbons (Fsp3) is 0.440. The maximum atomic E-state index is 12.5. The van der Waals surface area contributed by atoms with Gasteiger partial charge < -0.3 is 34.8 Å². The fourth-order valence-electron chi connectivity index (χ4n) is 3.52. The molecule has 1 heterocycles. The van der Waals surface area contributed by atoms with Crippen molar-refractivity contribution in [1.29, 1.82) is 0 Å². The van der Waals surface area contributed by atoms with Crippen molar-refractivity contribution in [2.75, 3.05) is 39.2 Å². The highest BCUT2D eigenvalue weighted by molar-refractivity contribution is 7.91. The number of para-hydroxylation sites is 1. The first-order valence-corrected chi connectivity index (χ1v) is 13.3. The first-order valence-electron chi connectivity index (χ1n) is 11.6. The number of carboxylic acid groups (broad SMARTS) is 2. The molecule has 1 aliphatic heterocycles. The van der Waals surface area contributed by atoms with Crippen molar-refractivity contribution in [3.05, 3.63) is 47.5 Å². The molecule has 1 atom stereocenters. The van der Waals surface area contributed by atoms with Gasteiger partial charge in [0.05, 0.1) is 17.8 Å². The van der Waals surface area contributed by atoms with Crippen molar-refractivity contribution in [3.8, 4) is 17.2 Å². The molecular formula is C25H33NO10S. The molecule has 0 aromatic heterocycles. The Morgan fingerprint density at radius 1 is 1.03 bits per heavy atom. The summed E-state index contributed by atoms with van der Waals surface area (Å²) in [6, 6.07) is 11.0. The largest absolute Gasteiger partial charge is 0.493 e. The molecule has 0 fully saturated rings. The zero-order valence-electron chi connectivity index (χ0n) is 20.8. The summed E-state index contributed by atoms with van der Waals surface area (Å²) in [5.41, 5.74) is 1.81. The van der Waals surface area contributed by atoms with E-state index in [2.05, 4.69) is 5.32 Å². The third kappa shape index (κ3) is 9.56. The van der Waals surface area contributed by atoms with Crippen molar-refractivity contribution >= 4 is 21.8 Å². The zero-order valence-corrected chi connectivity index (χ0v) is 21.6. The van der Waals surface area contributed by atoms with E-state index in [4.69, 9.17) is 34.0 Å². The normalized spacial score (nSPS) is 14.7. The maximum absolute atomic E-state index is 12.5. The Balaban J connectivity index is 0.000000717. The number of carboxylic acids is 2. The van der Waals surface area contributed by atoms with Crippen LogP contribution in [0.15, 0.2) is 41.3 Å². The van der Waals surface area contributed by atoms with Gasteiger partial charge in [0.1, 0.15) is 25.1 Å². The average Bonchev–Trinajstić information content (AvgIpc) is 3.00. The molecule has 2 aromatic carbocycles. The van der Waals surface area contributed by atoms with Crippen LogP contribution in [0.25, 0.3) is 0 Å². The summed E-state index contributed by atoms with van der Waals surface area (Å²) in [7, 11) is -1.78. The number of benzene rings is 2. The Morgan fingerprint density at radius 2 is 1.73 bits per heavy atom. The summed E-state index contributed by atoms with van der Waals surface area (Å²) >= 11 is 0. The van der Waals surface area contributed by atoms with Gasteiger partial charge in [-0.05, 0) is 49.4 Å². The molecule has 0 saturated carbocycles. The van der Waals surface area contributed by atoms with Crippen LogP contribution in [-0.4, -0.2) is 80.9 Å². The van der Waals surface area contributed by atoms with Crippen LogP contribution in [0.3, 0.4) is 0 Å². The summed E-state index contributed by atoms with van der Waals surface area (Å²) in [6.07, 6.45) is 1.56. The van der Waals surface area contributed by atoms with E-state index in [0.717, 1.165) is 23.3 Å². The number of fused-ring (bicyclic) bond motifs is 1. The standard InChI is InChI=1S/C23H31NO6S.C2H2O4/c1-17-7-3-4-9-20(17)30-16-19(25)15-24-10-11-29-22-13-18-8-5-6-12-31(26,27)23(18)14-21(22)28-2;3-1(4)2(5)6/h3-4,7,9,13-14,19,24-25H,5-6,8,10-12,15-16H2,1-2H3;(H,3,4)(H,5,6). The highest BCUT2D eigenvalue weighted by atomic mass is 32.2. The lowest BCUT2D eigenvalue weighted by molar-refractivity contribution is -0.159. The van der Waals surface area contributed by atoms with E-state index < -0.39 is 27.9 Å². The van der Waals surface area contributed by atoms with Crippen LogP contribution in [-0.2, 0) is 25.8 Å². The van der Waals surface area contributed by atoms with Crippen LogP contribution >= 0.6 is 0 Å². The van der Waals surface area contributed by atoms with Gasteiger partial charge in [0.25, 0.3) is 0 Å². The van der Waals surface area contributed by atoms with Crippen molar-refractivity contribution < 1.29 is 47.5 Å². The number of aryl methyl sites for hydroxylation is 2. The van der Waals surface area contributed by atoms with Gasteiger partial charge in [0.2, 0.25) is 0 Å². The second-order valence-electron chi connectivity index (χ2n) is 8.28. The summed E-state index contributed by atoms with van der Waals surface area (Å²) < 4.78 is 41.8. The highest BCUT2D eigenvalue weighted by Crippen LogP contribution is 2.35. The van der Waals surface area contributed by atoms with Crippen LogP contribution in [0, 0.1) is 6.92 Å². The van der Waals surface area contributed by atoms with Gasteiger partial charge >= 0.3 is 11.9 Å². The van der Waals surface area contributed by atoms with Gasteiger partial charge in [-0.15, -0.1) is 0 Å². The lowest BCUT2D eigenvalue weighted by Crippen LogP contribution is -2.33. The zero-order chi connectivity index (χ0) is 27.4.